The lowest BCUT2D eigenvalue weighted by Crippen LogP contribution is -2.03. The van der Waals surface area contributed by atoms with E-state index < -0.39 is 0 Å². The molecule has 1 unspecified atom stereocenters. The minimum atomic E-state index is -0.101. The Hall–Kier alpha value is -1.02. The van der Waals surface area contributed by atoms with Crippen LogP contribution in [0.15, 0.2) is 30.3 Å². The van der Waals surface area contributed by atoms with Crippen LogP contribution in [0.3, 0.4) is 0 Å². The average Bonchev–Trinajstić information content (AvgIpc) is 2.38. The van der Waals surface area contributed by atoms with E-state index >= 15 is 0 Å². The van der Waals surface area contributed by atoms with E-state index in [1.807, 2.05) is 37.3 Å². The van der Waals surface area contributed by atoms with Gasteiger partial charge in [0, 0.05) is 0 Å². The zero-order valence-electron chi connectivity index (χ0n) is 10.8. The van der Waals surface area contributed by atoms with Crippen molar-refractivity contribution in [3.63, 3.8) is 0 Å². The molecule has 0 aliphatic heterocycles. The minimum absolute atomic E-state index is 0.101. The summed E-state index contributed by atoms with van der Waals surface area (Å²) in [4.78, 5) is 0. The van der Waals surface area contributed by atoms with Gasteiger partial charge in [-0.2, -0.15) is 0 Å². The van der Waals surface area contributed by atoms with E-state index in [-0.39, 0.29) is 6.10 Å². The maximum Gasteiger partial charge on any atom is 0.119 e. The Morgan fingerprint density at radius 1 is 1.06 bits per heavy atom. The summed E-state index contributed by atoms with van der Waals surface area (Å²) in [6.45, 7) is 2.82. The fraction of sp³-hybridized carbons (Fsp3) is 0.600. The van der Waals surface area contributed by atoms with Crippen molar-refractivity contribution in [3.8, 4) is 5.75 Å². The molecule has 0 aliphatic carbocycles. The van der Waals surface area contributed by atoms with Gasteiger partial charge in [0.15, 0.2) is 0 Å². The molecule has 0 aromatic heterocycles. The molecule has 2 heteroatoms. The number of unbranched alkanes of at least 4 members (excludes halogenated alkanes) is 3. The molecule has 0 amide bonds. The lowest BCUT2D eigenvalue weighted by atomic mass is 10.1. The van der Waals surface area contributed by atoms with Gasteiger partial charge in [-0.05, 0) is 31.4 Å². The standard InChI is InChI=1S/C15H24O2/c1-2-14(16)10-6-3-4-9-13-17-15-11-7-5-8-12-15/h5,7-8,11-12,14,16H,2-4,6,9-10,13H2,1H3. The van der Waals surface area contributed by atoms with Gasteiger partial charge in [-0.1, -0.05) is 44.4 Å². The second kappa shape index (κ2) is 9.06. The molecule has 0 heterocycles. The van der Waals surface area contributed by atoms with E-state index in [0.29, 0.717) is 0 Å². The largest absolute Gasteiger partial charge is 0.494 e. The molecule has 17 heavy (non-hydrogen) atoms. The number of hydrogen-bond donors (Lipinski definition) is 1. The fourth-order valence-corrected chi connectivity index (χ4v) is 1.75. The van der Waals surface area contributed by atoms with E-state index in [1.165, 1.54) is 12.8 Å². The highest BCUT2D eigenvalue weighted by atomic mass is 16.5. The van der Waals surface area contributed by atoms with Crippen molar-refractivity contribution in [1.82, 2.24) is 0 Å². The van der Waals surface area contributed by atoms with Crippen LogP contribution < -0.4 is 4.74 Å². The van der Waals surface area contributed by atoms with Gasteiger partial charge in [0.25, 0.3) is 0 Å². The summed E-state index contributed by atoms with van der Waals surface area (Å²) < 4.78 is 5.61. The van der Waals surface area contributed by atoms with Crippen LogP contribution >= 0.6 is 0 Å². The van der Waals surface area contributed by atoms with E-state index in [0.717, 1.165) is 38.0 Å². The average molecular weight is 236 g/mol. The van der Waals surface area contributed by atoms with Crippen molar-refractivity contribution in [3.05, 3.63) is 30.3 Å². The van der Waals surface area contributed by atoms with Crippen LogP contribution in [0.5, 0.6) is 5.75 Å². The predicted octanol–water partition coefficient (Wildman–Crippen LogP) is 3.79. The maximum atomic E-state index is 9.38. The molecule has 2 nitrogen and oxygen atoms in total. The lowest BCUT2D eigenvalue weighted by molar-refractivity contribution is 0.156. The van der Waals surface area contributed by atoms with Crippen LogP contribution in [0.25, 0.3) is 0 Å². The Kier molecular flexibility index (Phi) is 7.48. The molecule has 0 spiro atoms. The highest BCUT2D eigenvalue weighted by Crippen LogP contribution is 2.11. The van der Waals surface area contributed by atoms with Gasteiger partial charge >= 0.3 is 0 Å². The molecule has 1 aromatic rings. The molecule has 0 fully saturated rings. The number of para-hydroxylation sites is 1. The topological polar surface area (TPSA) is 29.5 Å². The summed E-state index contributed by atoms with van der Waals surface area (Å²) in [5.41, 5.74) is 0. The Morgan fingerprint density at radius 3 is 2.47 bits per heavy atom. The van der Waals surface area contributed by atoms with Gasteiger partial charge in [0.1, 0.15) is 5.75 Å². The van der Waals surface area contributed by atoms with Gasteiger partial charge in [-0.3, -0.25) is 0 Å². The minimum Gasteiger partial charge on any atom is -0.494 e. The van der Waals surface area contributed by atoms with Crippen LogP contribution in [0.1, 0.15) is 45.4 Å². The van der Waals surface area contributed by atoms with Gasteiger partial charge in [0.05, 0.1) is 12.7 Å². The third-order valence-corrected chi connectivity index (χ3v) is 2.91. The second-order valence-electron chi connectivity index (χ2n) is 4.43. The smallest absolute Gasteiger partial charge is 0.119 e. The Balaban J connectivity index is 1.91. The maximum absolute atomic E-state index is 9.38. The first kappa shape index (κ1) is 14.0. The van der Waals surface area contributed by atoms with Crippen molar-refractivity contribution in [2.24, 2.45) is 0 Å². The molecule has 1 N–H and O–H groups in total. The van der Waals surface area contributed by atoms with Gasteiger partial charge in [0.2, 0.25) is 0 Å². The molecule has 0 saturated carbocycles. The number of hydrogen-bond acceptors (Lipinski definition) is 2. The van der Waals surface area contributed by atoms with E-state index in [2.05, 4.69) is 0 Å². The van der Waals surface area contributed by atoms with Crippen molar-refractivity contribution in [2.75, 3.05) is 6.61 Å². The third-order valence-electron chi connectivity index (χ3n) is 2.91. The first-order valence-electron chi connectivity index (χ1n) is 6.69. The highest BCUT2D eigenvalue weighted by molar-refractivity contribution is 5.20. The molecule has 0 radical (unpaired) electrons. The van der Waals surface area contributed by atoms with Crippen LogP contribution in [-0.2, 0) is 0 Å². The lowest BCUT2D eigenvalue weighted by Gasteiger charge is -2.07. The van der Waals surface area contributed by atoms with Gasteiger partial charge in [-0.15, -0.1) is 0 Å². The van der Waals surface area contributed by atoms with Crippen LogP contribution in [0.4, 0.5) is 0 Å². The van der Waals surface area contributed by atoms with Gasteiger partial charge in [-0.25, -0.2) is 0 Å². The van der Waals surface area contributed by atoms with Crippen LogP contribution in [0.2, 0.25) is 0 Å². The third kappa shape index (κ3) is 7.01. The molecule has 96 valence electrons. The summed E-state index contributed by atoms with van der Waals surface area (Å²) in [7, 11) is 0. The summed E-state index contributed by atoms with van der Waals surface area (Å²) in [6.07, 6.45) is 6.30. The highest BCUT2D eigenvalue weighted by Gasteiger charge is 1.99. The Labute approximate surface area is 105 Å². The quantitative estimate of drug-likeness (QED) is 0.661. The normalized spacial score (nSPS) is 12.4. The molecule has 0 saturated heterocycles. The first-order valence-corrected chi connectivity index (χ1v) is 6.69. The molecule has 0 aliphatic rings. The van der Waals surface area contributed by atoms with Crippen molar-refractivity contribution < 1.29 is 9.84 Å². The predicted molar refractivity (Wildman–Crippen MR) is 71.3 cm³/mol. The van der Waals surface area contributed by atoms with Crippen molar-refractivity contribution >= 4 is 0 Å². The summed E-state index contributed by atoms with van der Waals surface area (Å²) in [6, 6.07) is 9.93. The summed E-state index contributed by atoms with van der Waals surface area (Å²) in [5.74, 6) is 0.953. The first-order chi connectivity index (χ1) is 8.33. The number of benzene rings is 1. The van der Waals surface area contributed by atoms with Crippen molar-refractivity contribution in [2.45, 2.75) is 51.6 Å². The van der Waals surface area contributed by atoms with Crippen LogP contribution in [-0.4, -0.2) is 17.8 Å². The van der Waals surface area contributed by atoms with Crippen LogP contribution in [0, 0.1) is 0 Å². The van der Waals surface area contributed by atoms with E-state index in [9.17, 15) is 5.11 Å². The molecule has 1 atom stereocenters. The molecular formula is C15H24O2. The molecule has 1 aromatic carbocycles. The molecular weight excluding hydrogens is 212 g/mol. The second-order valence-corrected chi connectivity index (χ2v) is 4.43. The fourth-order valence-electron chi connectivity index (χ4n) is 1.75. The SMILES string of the molecule is CCC(O)CCCCCCOc1ccccc1. The monoisotopic (exact) mass is 236 g/mol. The Morgan fingerprint density at radius 2 is 1.76 bits per heavy atom. The summed E-state index contributed by atoms with van der Waals surface area (Å²) >= 11 is 0. The Bertz CT molecular complexity index is 272. The molecule has 0 bridgehead atoms. The van der Waals surface area contributed by atoms with Gasteiger partial charge < -0.3 is 9.84 Å². The zero-order valence-corrected chi connectivity index (χ0v) is 10.8. The number of aliphatic hydroxyl groups excluding tert-OH is 1. The van der Waals surface area contributed by atoms with Crippen molar-refractivity contribution in [1.29, 1.82) is 0 Å². The van der Waals surface area contributed by atoms with E-state index in [4.69, 9.17) is 4.74 Å². The van der Waals surface area contributed by atoms with E-state index in [1.54, 1.807) is 0 Å². The molecule has 1 rings (SSSR count). The number of ether oxygens (including phenoxy) is 1. The summed E-state index contributed by atoms with van der Waals surface area (Å²) in [5, 5.41) is 9.38. The zero-order chi connectivity index (χ0) is 12.3. The number of aliphatic hydroxyl groups is 1. The number of rotatable bonds is 9.